The molecule has 5 nitrogen and oxygen atoms in total. The molecule has 1 aliphatic heterocycles. The summed E-state index contributed by atoms with van der Waals surface area (Å²) in [5.41, 5.74) is 7.31. The maximum Gasteiger partial charge on any atom is 0.241 e. The van der Waals surface area contributed by atoms with E-state index in [1.165, 1.54) is 12.1 Å². The molecule has 1 saturated heterocycles. The van der Waals surface area contributed by atoms with Crippen molar-refractivity contribution < 1.29 is 18.7 Å². The van der Waals surface area contributed by atoms with Gasteiger partial charge in [0.05, 0.1) is 6.61 Å². The van der Waals surface area contributed by atoms with E-state index in [2.05, 4.69) is 0 Å². The van der Waals surface area contributed by atoms with E-state index < -0.39 is 23.6 Å². The first-order valence-corrected chi connectivity index (χ1v) is 8.41. The second kappa shape index (κ2) is 7.80. The molecule has 0 spiro atoms. The van der Waals surface area contributed by atoms with Crippen molar-refractivity contribution in [3.05, 3.63) is 65.2 Å². The number of anilines is 1. The van der Waals surface area contributed by atoms with Crippen LogP contribution in [-0.2, 0) is 17.9 Å². The molecule has 0 aromatic heterocycles. The largest absolute Gasteiger partial charge is 0.392 e. The molecule has 26 heavy (non-hydrogen) atoms. The summed E-state index contributed by atoms with van der Waals surface area (Å²) in [7, 11) is 0. The molecule has 1 unspecified atom stereocenters. The van der Waals surface area contributed by atoms with Crippen molar-refractivity contribution in [2.45, 2.75) is 19.2 Å². The molecule has 138 valence electrons. The molecule has 1 fully saturated rings. The van der Waals surface area contributed by atoms with Gasteiger partial charge in [0, 0.05) is 43.0 Å². The highest BCUT2D eigenvalue weighted by molar-refractivity contribution is 5.84. The number of aliphatic hydroxyl groups is 1. The van der Waals surface area contributed by atoms with Crippen molar-refractivity contribution in [1.29, 1.82) is 0 Å². The fourth-order valence-electron chi connectivity index (χ4n) is 3.35. The Labute approximate surface area is 150 Å². The zero-order valence-corrected chi connectivity index (χ0v) is 14.2. The Balaban J connectivity index is 1.80. The summed E-state index contributed by atoms with van der Waals surface area (Å²) in [6.45, 7) is 1.39. The standard InChI is InChI=1S/C19H21F2N3O2/c20-15-6-3-5-13(18(15)21)10-23-8-9-24(17(11-23)19(22)26)16-7-2-1-4-14(16)12-25/h1-7,17,25H,8-12H2,(H2,22,26). The number of nitrogens with zero attached hydrogens (tertiary/aromatic N) is 2. The molecule has 0 aliphatic carbocycles. The van der Waals surface area contributed by atoms with Crippen LogP contribution >= 0.6 is 0 Å². The molecule has 1 heterocycles. The van der Waals surface area contributed by atoms with Crippen LogP contribution in [0.3, 0.4) is 0 Å². The topological polar surface area (TPSA) is 69.8 Å². The molecule has 1 atom stereocenters. The van der Waals surface area contributed by atoms with Gasteiger partial charge in [-0.15, -0.1) is 0 Å². The summed E-state index contributed by atoms with van der Waals surface area (Å²) in [6, 6.07) is 10.7. The molecule has 3 rings (SSSR count). The van der Waals surface area contributed by atoms with Crippen LogP contribution in [0.25, 0.3) is 0 Å². The summed E-state index contributed by atoms with van der Waals surface area (Å²) in [5.74, 6) is -2.25. The maximum atomic E-state index is 13.9. The van der Waals surface area contributed by atoms with Crippen LogP contribution in [0.2, 0.25) is 0 Å². The number of carbonyl (C=O) groups excluding carboxylic acids is 1. The lowest BCUT2D eigenvalue weighted by atomic mass is 10.1. The first kappa shape index (κ1) is 18.3. The quantitative estimate of drug-likeness (QED) is 0.849. The zero-order chi connectivity index (χ0) is 18.7. The van der Waals surface area contributed by atoms with E-state index in [1.54, 1.807) is 6.07 Å². The zero-order valence-electron chi connectivity index (χ0n) is 14.2. The fraction of sp³-hybridized carbons (Fsp3) is 0.316. The molecule has 1 aliphatic rings. The van der Waals surface area contributed by atoms with E-state index in [1.807, 2.05) is 28.0 Å². The lowest BCUT2D eigenvalue weighted by Gasteiger charge is -2.42. The maximum absolute atomic E-state index is 13.9. The first-order valence-electron chi connectivity index (χ1n) is 8.41. The van der Waals surface area contributed by atoms with Crippen LogP contribution in [0, 0.1) is 11.6 Å². The smallest absolute Gasteiger partial charge is 0.241 e. The van der Waals surface area contributed by atoms with Crippen LogP contribution in [-0.4, -0.2) is 41.6 Å². The number of aliphatic hydroxyl groups excluding tert-OH is 1. The Morgan fingerprint density at radius 3 is 2.58 bits per heavy atom. The number of benzene rings is 2. The van der Waals surface area contributed by atoms with Gasteiger partial charge in [-0.3, -0.25) is 9.69 Å². The van der Waals surface area contributed by atoms with Gasteiger partial charge in [0.15, 0.2) is 11.6 Å². The van der Waals surface area contributed by atoms with E-state index >= 15 is 0 Å². The molecule has 0 radical (unpaired) electrons. The Bertz CT molecular complexity index is 800. The molecule has 0 saturated carbocycles. The van der Waals surface area contributed by atoms with Crippen LogP contribution in [0.5, 0.6) is 0 Å². The number of rotatable bonds is 5. The van der Waals surface area contributed by atoms with Gasteiger partial charge in [-0.2, -0.15) is 0 Å². The number of carbonyl (C=O) groups is 1. The van der Waals surface area contributed by atoms with E-state index in [0.29, 0.717) is 25.2 Å². The van der Waals surface area contributed by atoms with Gasteiger partial charge in [0.2, 0.25) is 5.91 Å². The number of hydrogen-bond acceptors (Lipinski definition) is 4. The Morgan fingerprint density at radius 1 is 1.12 bits per heavy atom. The number of nitrogens with two attached hydrogens (primary N) is 1. The van der Waals surface area contributed by atoms with Crippen LogP contribution < -0.4 is 10.6 Å². The summed E-state index contributed by atoms with van der Waals surface area (Å²) in [5, 5.41) is 9.55. The van der Waals surface area contributed by atoms with Gasteiger partial charge in [0.1, 0.15) is 6.04 Å². The van der Waals surface area contributed by atoms with Crippen molar-refractivity contribution >= 4 is 11.6 Å². The third-order valence-corrected chi connectivity index (χ3v) is 4.69. The second-order valence-electron chi connectivity index (χ2n) is 6.35. The minimum Gasteiger partial charge on any atom is -0.392 e. The summed E-state index contributed by atoms with van der Waals surface area (Å²) >= 11 is 0. The van der Waals surface area contributed by atoms with E-state index in [-0.39, 0.29) is 18.7 Å². The lowest BCUT2D eigenvalue weighted by molar-refractivity contribution is -0.120. The SMILES string of the molecule is NC(=O)C1CN(Cc2cccc(F)c2F)CCN1c1ccccc1CO. The molecule has 7 heteroatoms. The first-order chi connectivity index (χ1) is 12.5. The monoisotopic (exact) mass is 361 g/mol. The van der Waals surface area contributed by atoms with E-state index in [9.17, 15) is 18.7 Å². The number of amides is 1. The predicted octanol–water partition coefficient (Wildman–Crippen LogP) is 1.63. The van der Waals surface area contributed by atoms with Crippen molar-refractivity contribution in [2.24, 2.45) is 5.73 Å². The van der Waals surface area contributed by atoms with Gasteiger partial charge >= 0.3 is 0 Å². The highest BCUT2D eigenvalue weighted by Crippen LogP contribution is 2.26. The Morgan fingerprint density at radius 2 is 1.85 bits per heavy atom. The summed E-state index contributed by atoms with van der Waals surface area (Å²) in [6.07, 6.45) is 0. The molecule has 0 bridgehead atoms. The predicted molar refractivity (Wildman–Crippen MR) is 94.3 cm³/mol. The van der Waals surface area contributed by atoms with Crippen molar-refractivity contribution in [3.63, 3.8) is 0 Å². The normalized spacial score (nSPS) is 18.1. The number of para-hydroxylation sites is 1. The molecule has 2 aromatic carbocycles. The van der Waals surface area contributed by atoms with Crippen LogP contribution in [0.1, 0.15) is 11.1 Å². The average Bonchev–Trinajstić information content (AvgIpc) is 2.65. The van der Waals surface area contributed by atoms with E-state index in [0.717, 1.165) is 11.8 Å². The molecule has 1 amide bonds. The number of primary amides is 1. The third kappa shape index (κ3) is 3.68. The molecule has 3 N–H and O–H groups in total. The third-order valence-electron chi connectivity index (χ3n) is 4.69. The van der Waals surface area contributed by atoms with E-state index in [4.69, 9.17) is 5.73 Å². The average molecular weight is 361 g/mol. The second-order valence-corrected chi connectivity index (χ2v) is 6.35. The Hall–Kier alpha value is -2.51. The molecule has 2 aromatic rings. The van der Waals surface area contributed by atoms with Crippen LogP contribution in [0.4, 0.5) is 14.5 Å². The van der Waals surface area contributed by atoms with Gasteiger partial charge < -0.3 is 15.7 Å². The summed E-state index contributed by atoms with van der Waals surface area (Å²) in [4.78, 5) is 15.8. The van der Waals surface area contributed by atoms with Gasteiger partial charge in [-0.05, 0) is 12.1 Å². The van der Waals surface area contributed by atoms with Crippen LogP contribution in [0.15, 0.2) is 42.5 Å². The summed E-state index contributed by atoms with van der Waals surface area (Å²) < 4.78 is 27.3. The van der Waals surface area contributed by atoms with Gasteiger partial charge in [-0.25, -0.2) is 8.78 Å². The number of hydrogen-bond donors (Lipinski definition) is 2. The van der Waals surface area contributed by atoms with Crippen molar-refractivity contribution in [2.75, 3.05) is 24.5 Å². The molecular formula is C19H21F2N3O2. The van der Waals surface area contributed by atoms with Crippen molar-refractivity contribution in [1.82, 2.24) is 4.90 Å². The number of piperazine rings is 1. The fourth-order valence-corrected chi connectivity index (χ4v) is 3.35. The minimum absolute atomic E-state index is 0.142. The molecular weight excluding hydrogens is 340 g/mol. The Kier molecular flexibility index (Phi) is 5.49. The minimum atomic E-state index is -0.885. The number of halogens is 2. The van der Waals surface area contributed by atoms with Gasteiger partial charge in [-0.1, -0.05) is 30.3 Å². The van der Waals surface area contributed by atoms with Gasteiger partial charge in [0.25, 0.3) is 0 Å². The highest BCUT2D eigenvalue weighted by atomic mass is 19.2. The lowest BCUT2D eigenvalue weighted by Crippen LogP contribution is -2.58. The highest BCUT2D eigenvalue weighted by Gasteiger charge is 2.32. The van der Waals surface area contributed by atoms with Crippen molar-refractivity contribution in [3.8, 4) is 0 Å².